The van der Waals surface area contributed by atoms with Crippen molar-refractivity contribution < 1.29 is 9.32 Å². The molecule has 1 saturated carbocycles. The molecule has 6 nitrogen and oxygen atoms in total. The number of carbonyl (C=O) groups excluding carboxylic acids is 1. The second-order valence-electron chi connectivity index (χ2n) is 4.44. The van der Waals surface area contributed by atoms with Crippen molar-refractivity contribution in [1.29, 1.82) is 0 Å². The maximum absolute atomic E-state index is 11.7. The van der Waals surface area contributed by atoms with Crippen LogP contribution in [-0.2, 0) is 4.79 Å². The van der Waals surface area contributed by atoms with Crippen LogP contribution in [0.15, 0.2) is 4.52 Å². The zero-order valence-electron chi connectivity index (χ0n) is 9.32. The fraction of sp³-hybridized carbons (Fsp3) is 0.700. The van der Waals surface area contributed by atoms with Crippen LogP contribution in [0.25, 0.3) is 0 Å². The number of aromatic nitrogens is 2. The number of carbonyl (C=O) groups is 1. The van der Waals surface area contributed by atoms with Gasteiger partial charge in [-0.1, -0.05) is 18.0 Å². The molecular formula is C10H16N4O2. The van der Waals surface area contributed by atoms with Crippen molar-refractivity contribution in [2.24, 2.45) is 5.73 Å². The Labute approximate surface area is 93.6 Å². The molecule has 0 radical (unpaired) electrons. The minimum absolute atomic E-state index is 0.143. The third-order valence-corrected chi connectivity index (χ3v) is 2.89. The molecule has 6 heteroatoms. The van der Waals surface area contributed by atoms with Crippen molar-refractivity contribution >= 4 is 11.9 Å². The van der Waals surface area contributed by atoms with Gasteiger partial charge < -0.3 is 10.3 Å². The number of nitrogens with one attached hydrogen (secondary N) is 1. The van der Waals surface area contributed by atoms with Gasteiger partial charge in [0.15, 0.2) is 5.82 Å². The minimum atomic E-state index is -0.348. The Morgan fingerprint density at radius 1 is 1.56 bits per heavy atom. The number of hydrogen-bond donors (Lipinski definition) is 2. The fourth-order valence-electron chi connectivity index (χ4n) is 2.09. The lowest BCUT2D eigenvalue weighted by atomic mass is 9.94. The first kappa shape index (κ1) is 11.1. The molecule has 0 unspecified atom stereocenters. The van der Waals surface area contributed by atoms with Crippen LogP contribution >= 0.6 is 0 Å². The largest absolute Gasteiger partial charge is 0.328 e. The van der Waals surface area contributed by atoms with Crippen LogP contribution in [0, 0.1) is 6.92 Å². The van der Waals surface area contributed by atoms with E-state index in [4.69, 9.17) is 10.3 Å². The molecule has 1 aromatic heterocycles. The van der Waals surface area contributed by atoms with E-state index in [1.165, 1.54) is 0 Å². The topological polar surface area (TPSA) is 94.0 Å². The smallest absolute Gasteiger partial charge is 0.325 e. The minimum Gasteiger partial charge on any atom is -0.325 e. The van der Waals surface area contributed by atoms with Gasteiger partial charge in [-0.05, 0) is 19.8 Å². The van der Waals surface area contributed by atoms with Crippen molar-refractivity contribution in [2.75, 3.05) is 5.32 Å². The number of rotatable bonds is 3. The van der Waals surface area contributed by atoms with E-state index >= 15 is 0 Å². The quantitative estimate of drug-likeness (QED) is 0.798. The first-order valence-corrected chi connectivity index (χ1v) is 5.46. The predicted octanol–water partition coefficient (Wildman–Crippen LogP) is 0.978. The number of amides is 1. The lowest BCUT2D eigenvalue weighted by Gasteiger charge is -2.21. The third kappa shape index (κ3) is 2.57. The van der Waals surface area contributed by atoms with Gasteiger partial charge in [0, 0.05) is 12.0 Å². The van der Waals surface area contributed by atoms with E-state index < -0.39 is 0 Å². The summed E-state index contributed by atoms with van der Waals surface area (Å²) in [5.74, 6) is 0.340. The van der Waals surface area contributed by atoms with Crippen LogP contribution in [0.1, 0.15) is 37.9 Å². The molecule has 0 atom stereocenters. The maximum Gasteiger partial charge on any atom is 0.328 e. The predicted molar refractivity (Wildman–Crippen MR) is 57.7 cm³/mol. The van der Waals surface area contributed by atoms with Crippen LogP contribution in [-0.4, -0.2) is 21.6 Å². The number of anilines is 1. The average Bonchev–Trinajstić information content (AvgIpc) is 2.75. The summed E-state index contributed by atoms with van der Waals surface area (Å²) in [5.41, 5.74) is 5.74. The molecule has 0 spiro atoms. The first-order valence-electron chi connectivity index (χ1n) is 5.46. The molecule has 0 aliphatic heterocycles. The second-order valence-corrected chi connectivity index (χ2v) is 4.44. The normalized spacial score (nSPS) is 18.6. The summed E-state index contributed by atoms with van der Waals surface area (Å²) in [7, 11) is 0. The zero-order valence-corrected chi connectivity index (χ0v) is 9.32. The average molecular weight is 224 g/mol. The standard InChI is InChI=1S/C10H16N4O2/c1-7-12-9(16-14-7)13-8(15)6-10(11)4-2-3-5-10/h2-6,11H2,1H3,(H,12,13,14,15). The molecule has 2 rings (SSSR count). The van der Waals surface area contributed by atoms with E-state index in [1.807, 2.05) is 0 Å². The highest BCUT2D eigenvalue weighted by Gasteiger charge is 2.32. The SMILES string of the molecule is Cc1noc(NC(=O)CC2(N)CCCC2)n1. The lowest BCUT2D eigenvalue weighted by molar-refractivity contribution is -0.117. The monoisotopic (exact) mass is 224 g/mol. The van der Waals surface area contributed by atoms with Crippen LogP contribution in [0.5, 0.6) is 0 Å². The van der Waals surface area contributed by atoms with Gasteiger partial charge in [0.1, 0.15) is 0 Å². The number of nitrogens with two attached hydrogens (primary N) is 1. The molecule has 1 fully saturated rings. The van der Waals surface area contributed by atoms with Crippen molar-refractivity contribution in [3.63, 3.8) is 0 Å². The third-order valence-electron chi connectivity index (χ3n) is 2.89. The highest BCUT2D eigenvalue weighted by Crippen LogP contribution is 2.30. The van der Waals surface area contributed by atoms with Gasteiger partial charge in [-0.2, -0.15) is 4.98 Å². The molecule has 0 saturated heterocycles. The van der Waals surface area contributed by atoms with E-state index in [-0.39, 0.29) is 17.5 Å². The molecule has 1 aromatic rings. The van der Waals surface area contributed by atoms with Gasteiger partial charge in [-0.25, -0.2) is 0 Å². The highest BCUT2D eigenvalue weighted by atomic mass is 16.5. The van der Waals surface area contributed by atoms with Gasteiger partial charge >= 0.3 is 6.01 Å². The van der Waals surface area contributed by atoms with Gasteiger partial charge in [-0.3, -0.25) is 10.1 Å². The number of hydrogen-bond acceptors (Lipinski definition) is 5. The number of aryl methyl sites for hydroxylation is 1. The van der Waals surface area contributed by atoms with Gasteiger partial charge in [0.25, 0.3) is 0 Å². The summed E-state index contributed by atoms with van der Waals surface area (Å²) in [5, 5.41) is 6.14. The van der Waals surface area contributed by atoms with Crippen LogP contribution in [0.3, 0.4) is 0 Å². The Kier molecular flexibility index (Phi) is 2.91. The van der Waals surface area contributed by atoms with Gasteiger partial charge in [-0.15, -0.1) is 0 Å². The molecule has 0 bridgehead atoms. The van der Waals surface area contributed by atoms with Crippen molar-refractivity contribution in [1.82, 2.24) is 10.1 Å². The molecule has 88 valence electrons. The summed E-state index contributed by atoms with van der Waals surface area (Å²) in [6, 6.07) is 0.143. The Balaban J connectivity index is 1.89. The molecule has 16 heavy (non-hydrogen) atoms. The number of nitrogens with zero attached hydrogens (tertiary/aromatic N) is 2. The maximum atomic E-state index is 11.7. The van der Waals surface area contributed by atoms with E-state index in [2.05, 4.69) is 15.5 Å². The molecule has 0 aromatic carbocycles. The fourth-order valence-corrected chi connectivity index (χ4v) is 2.09. The van der Waals surface area contributed by atoms with Crippen molar-refractivity contribution in [3.8, 4) is 0 Å². The van der Waals surface area contributed by atoms with Crippen molar-refractivity contribution in [2.45, 2.75) is 44.6 Å². The Hall–Kier alpha value is -1.43. The van der Waals surface area contributed by atoms with E-state index in [9.17, 15) is 4.79 Å². The van der Waals surface area contributed by atoms with E-state index in [0.717, 1.165) is 25.7 Å². The van der Waals surface area contributed by atoms with E-state index in [1.54, 1.807) is 6.92 Å². The summed E-state index contributed by atoms with van der Waals surface area (Å²) >= 11 is 0. The first-order chi connectivity index (χ1) is 7.57. The van der Waals surface area contributed by atoms with Gasteiger partial charge in [0.2, 0.25) is 5.91 Å². The van der Waals surface area contributed by atoms with Crippen LogP contribution < -0.4 is 11.1 Å². The Bertz CT molecular complexity index is 382. The molecule has 1 heterocycles. The molecular weight excluding hydrogens is 208 g/mol. The van der Waals surface area contributed by atoms with Crippen molar-refractivity contribution in [3.05, 3.63) is 5.82 Å². The zero-order chi connectivity index (χ0) is 11.6. The summed E-state index contributed by atoms with van der Waals surface area (Å²) in [6.07, 6.45) is 4.33. The molecule has 1 aliphatic carbocycles. The van der Waals surface area contributed by atoms with Crippen LogP contribution in [0.2, 0.25) is 0 Å². The van der Waals surface area contributed by atoms with Crippen LogP contribution in [0.4, 0.5) is 6.01 Å². The Morgan fingerprint density at radius 3 is 2.81 bits per heavy atom. The molecule has 1 amide bonds. The van der Waals surface area contributed by atoms with E-state index in [0.29, 0.717) is 12.2 Å². The summed E-state index contributed by atoms with van der Waals surface area (Å²) in [6.45, 7) is 1.69. The highest BCUT2D eigenvalue weighted by molar-refractivity contribution is 5.89. The lowest BCUT2D eigenvalue weighted by Crippen LogP contribution is -2.40. The summed E-state index contributed by atoms with van der Waals surface area (Å²) < 4.78 is 4.80. The molecule has 3 N–H and O–H groups in total. The second kappa shape index (κ2) is 4.21. The Morgan fingerprint density at radius 2 is 2.25 bits per heavy atom. The van der Waals surface area contributed by atoms with Gasteiger partial charge in [0.05, 0.1) is 0 Å². The molecule has 1 aliphatic rings. The summed E-state index contributed by atoms with van der Waals surface area (Å²) in [4.78, 5) is 15.6.